The number of carboxylic acid groups (broad SMARTS) is 2. The van der Waals surface area contributed by atoms with Gasteiger partial charge in [-0.1, -0.05) is 19.3 Å². The van der Waals surface area contributed by atoms with E-state index in [1.54, 1.807) is 11.3 Å². The summed E-state index contributed by atoms with van der Waals surface area (Å²) in [6.45, 7) is 3.26. The van der Waals surface area contributed by atoms with Crippen LogP contribution in [0.15, 0.2) is 12.3 Å². The predicted octanol–water partition coefficient (Wildman–Crippen LogP) is 5.75. The van der Waals surface area contributed by atoms with Gasteiger partial charge in [0.15, 0.2) is 5.13 Å². The van der Waals surface area contributed by atoms with Crippen molar-refractivity contribution in [3.63, 3.8) is 0 Å². The lowest BCUT2D eigenvalue weighted by Crippen LogP contribution is -2.53. The Kier molecular flexibility index (Phi) is 8.43. The molecule has 5 rings (SSSR count). The number of carbonyl (C=O) groups is 2. The van der Waals surface area contributed by atoms with Crippen LogP contribution >= 0.6 is 11.3 Å². The monoisotopic (exact) mass is 555 g/mol. The molecule has 3 heterocycles. The van der Waals surface area contributed by atoms with Gasteiger partial charge in [-0.2, -0.15) is 18.2 Å². The SMILES string of the molecule is Cc1cc(Nc2ncc(C3CC3)s2)nc(N2CCCC(C(=O)O)(C3CCCCC3)C2)n1.O=C(O)C(F)(F)F. The van der Waals surface area contributed by atoms with Crippen molar-refractivity contribution in [2.75, 3.05) is 23.3 Å². The van der Waals surface area contributed by atoms with Crippen molar-refractivity contribution >= 4 is 40.2 Å². The molecule has 3 N–H and O–H groups in total. The molecule has 208 valence electrons. The Bertz CT molecular complexity index is 1150. The van der Waals surface area contributed by atoms with E-state index in [1.165, 1.54) is 24.1 Å². The maximum atomic E-state index is 12.5. The first-order valence-electron chi connectivity index (χ1n) is 12.8. The first-order valence-corrected chi connectivity index (χ1v) is 13.7. The second-order valence-electron chi connectivity index (χ2n) is 10.3. The highest BCUT2D eigenvalue weighted by Crippen LogP contribution is 2.46. The molecule has 0 radical (unpaired) electrons. The van der Waals surface area contributed by atoms with Crippen molar-refractivity contribution in [1.82, 2.24) is 15.0 Å². The summed E-state index contributed by atoms with van der Waals surface area (Å²) in [6.07, 6.45) is 6.59. The number of anilines is 3. The predicted molar refractivity (Wildman–Crippen MR) is 136 cm³/mol. The lowest BCUT2D eigenvalue weighted by atomic mass is 9.65. The summed E-state index contributed by atoms with van der Waals surface area (Å²) >= 11 is 1.69. The van der Waals surface area contributed by atoms with Crippen LogP contribution in [0.4, 0.5) is 30.1 Å². The van der Waals surface area contributed by atoms with Gasteiger partial charge in [0.1, 0.15) is 5.82 Å². The molecule has 2 aromatic rings. The summed E-state index contributed by atoms with van der Waals surface area (Å²) < 4.78 is 31.7. The quantitative estimate of drug-likeness (QED) is 0.408. The third-order valence-electron chi connectivity index (χ3n) is 7.44. The average molecular weight is 556 g/mol. The van der Waals surface area contributed by atoms with Crippen molar-refractivity contribution in [2.24, 2.45) is 11.3 Å². The molecular weight excluding hydrogens is 523 g/mol. The van der Waals surface area contributed by atoms with Crippen molar-refractivity contribution in [3.05, 3.63) is 22.8 Å². The first kappa shape index (κ1) is 28.1. The topological polar surface area (TPSA) is 129 Å². The molecular formula is C25H32F3N5O4S. The Labute approximate surface area is 222 Å². The van der Waals surface area contributed by atoms with Gasteiger partial charge in [0.25, 0.3) is 0 Å². The van der Waals surface area contributed by atoms with Gasteiger partial charge in [0.05, 0.1) is 5.41 Å². The third-order valence-corrected chi connectivity index (χ3v) is 8.52. The van der Waals surface area contributed by atoms with E-state index in [2.05, 4.69) is 20.2 Å². The van der Waals surface area contributed by atoms with E-state index in [0.717, 1.165) is 61.7 Å². The Hall–Kier alpha value is -2.96. The fraction of sp³-hybridized carbons (Fsp3) is 0.640. The van der Waals surface area contributed by atoms with Crippen LogP contribution in [-0.4, -0.2) is 56.4 Å². The molecule has 0 amide bonds. The molecule has 1 saturated heterocycles. The van der Waals surface area contributed by atoms with Crippen molar-refractivity contribution < 1.29 is 33.0 Å². The number of alkyl halides is 3. The number of hydrogen-bond donors (Lipinski definition) is 3. The van der Waals surface area contributed by atoms with E-state index in [-0.39, 0.29) is 5.92 Å². The van der Waals surface area contributed by atoms with Crippen LogP contribution in [0.5, 0.6) is 0 Å². The summed E-state index contributed by atoms with van der Waals surface area (Å²) in [6, 6.07) is 1.93. The second kappa shape index (κ2) is 11.4. The number of piperidine rings is 1. The summed E-state index contributed by atoms with van der Waals surface area (Å²) in [5.41, 5.74) is 0.184. The fourth-order valence-electron chi connectivity index (χ4n) is 5.36. The van der Waals surface area contributed by atoms with Gasteiger partial charge in [0.2, 0.25) is 5.95 Å². The molecule has 1 unspecified atom stereocenters. The zero-order chi connectivity index (χ0) is 27.5. The normalized spacial score (nSPS) is 22.4. The zero-order valence-electron chi connectivity index (χ0n) is 21.1. The molecule has 1 atom stereocenters. The van der Waals surface area contributed by atoms with Crippen LogP contribution in [-0.2, 0) is 9.59 Å². The number of hydrogen-bond acceptors (Lipinski definition) is 8. The highest BCUT2D eigenvalue weighted by atomic mass is 32.1. The minimum Gasteiger partial charge on any atom is -0.481 e. The number of nitrogens with one attached hydrogen (secondary N) is 1. The van der Waals surface area contributed by atoms with Crippen LogP contribution in [0.25, 0.3) is 0 Å². The zero-order valence-corrected chi connectivity index (χ0v) is 21.9. The number of aromatic nitrogens is 3. The summed E-state index contributed by atoms with van der Waals surface area (Å²) in [5, 5.41) is 21.6. The van der Waals surface area contributed by atoms with E-state index in [1.807, 2.05) is 19.2 Å². The van der Waals surface area contributed by atoms with Gasteiger partial charge in [-0.15, -0.1) is 11.3 Å². The van der Waals surface area contributed by atoms with Gasteiger partial charge in [-0.25, -0.2) is 14.8 Å². The minimum atomic E-state index is -5.08. The third kappa shape index (κ3) is 6.72. The van der Waals surface area contributed by atoms with Crippen LogP contribution in [0, 0.1) is 18.3 Å². The Balaban J connectivity index is 0.000000426. The number of carboxylic acids is 2. The van der Waals surface area contributed by atoms with Gasteiger partial charge in [-0.05, 0) is 57.3 Å². The first-order chi connectivity index (χ1) is 18.0. The van der Waals surface area contributed by atoms with E-state index in [0.29, 0.717) is 18.4 Å². The largest absolute Gasteiger partial charge is 0.490 e. The number of halogens is 3. The molecule has 9 nitrogen and oxygen atoms in total. The van der Waals surface area contributed by atoms with Gasteiger partial charge < -0.3 is 20.4 Å². The fourth-order valence-corrected chi connectivity index (χ4v) is 6.35. The molecule has 3 fully saturated rings. The van der Waals surface area contributed by atoms with Crippen LogP contribution < -0.4 is 10.2 Å². The second-order valence-corrected chi connectivity index (χ2v) is 11.3. The van der Waals surface area contributed by atoms with Crippen molar-refractivity contribution in [2.45, 2.75) is 76.8 Å². The molecule has 0 aromatic carbocycles. The molecule has 0 spiro atoms. The number of aliphatic carboxylic acids is 2. The van der Waals surface area contributed by atoms with Crippen LogP contribution in [0.2, 0.25) is 0 Å². The molecule has 13 heteroatoms. The Morgan fingerprint density at radius 3 is 2.39 bits per heavy atom. The molecule has 2 saturated carbocycles. The Morgan fingerprint density at radius 1 is 1.11 bits per heavy atom. The number of rotatable bonds is 6. The summed E-state index contributed by atoms with van der Waals surface area (Å²) in [7, 11) is 0. The summed E-state index contributed by atoms with van der Waals surface area (Å²) in [5.74, 6) is -1.11. The number of thiazole rings is 1. The maximum absolute atomic E-state index is 12.5. The van der Waals surface area contributed by atoms with E-state index in [4.69, 9.17) is 14.9 Å². The maximum Gasteiger partial charge on any atom is 0.490 e. The minimum absolute atomic E-state index is 0.250. The molecule has 0 bridgehead atoms. The smallest absolute Gasteiger partial charge is 0.481 e. The van der Waals surface area contributed by atoms with Gasteiger partial charge >= 0.3 is 18.1 Å². The molecule has 2 aliphatic carbocycles. The molecule has 2 aromatic heterocycles. The van der Waals surface area contributed by atoms with E-state index >= 15 is 0 Å². The summed E-state index contributed by atoms with van der Waals surface area (Å²) in [4.78, 5) is 38.8. The Morgan fingerprint density at radius 2 is 1.79 bits per heavy atom. The van der Waals surface area contributed by atoms with Crippen molar-refractivity contribution in [1.29, 1.82) is 0 Å². The van der Waals surface area contributed by atoms with Crippen LogP contribution in [0.3, 0.4) is 0 Å². The standard InChI is InChI=1S/C23H31N5O2S.C2HF3O2/c1-15-12-19(27-22-24-13-18(31-22)16-8-9-16)26-21(25-15)28-11-5-10-23(14-28,20(29)30)17-6-3-2-4-7-17;3-2(4,5)1(6)7/h12-13,16-17H,2-11,14H2,1H3,(H,29,30)(H,24,25,26,27);(H,6,7). The lowest BCUT2D eigenvalue weighted by Gasteiger charge is -2.45. The van der Waals surface area contributed by atoms with E-state index < -0.39 is 23.5 Å². The molecule has 3 aliphatic rings. The van der Waals surface area contributed by atoms with Crippen molar-refractivity contribution in [3.8, 4) is 0 Å². The highest BCUT2D eigenvalue weighted by molar-refractivity contribution is 7.15. The van der Waals surface area contributed by atoms with Gasteiger partial charge in [0, 0.05) is 35.9 Å². The number of aryl methyl sites for hydroxylation is 1. The molecule has 1 aliphatic heterocycles. The highest BCUT2D eigenvalue weighted by Gasteiger charge is 2.49. The molecule has 38 heavy (non-hydrogen) atoms. The van der Waals surface area contributed by atoms with Gasteiger partial charge in [-0.3, -0.25) is 4.79 Å². The lowest BCUT2D eigenvalue weighted by molar-refractivity contribution is -0.192. The van der Waals surface area contributed by atoms with Crippen LogP contribution in [0.1, 0.15) is 74.3 Å². The van der Waals surface area contributed by atoms with E-state index in [9.17, 15) is 23.1 Å². The number of nitrogens with zero attached hydrogens (tertiary/aromatic N) is 4. The average Bonchev–Trinajstić information content (AvgIpc) is 3.63.